The molecule has 1 unspecified atom stereocenters. The molecule has 6 rings (SSSR count). The van der Waals surface area contributed by atoms with E-state index >= 15 is 0 Å². The predicted molar refractivity (Wildman–Crippen MR) is 153 cm³/mol. The number of benzene rings is 3. The maximum atomic E-state index is 13.0. The van der Waals surface area contributed by atoms with E-state index in [1.165, 1.54) is 16.7 Å². The summed E-state index contributed by atoms with van der Waals surface area (Å²) in [5.74, 6) is -0.181. The molecule has 2 bridgehead atoms. The number of fused-ring (bicyclic) bond motifs is 5. The Hall–Kier alpha value is -3.35. The zero-order valence-corrected chi connectivity index (χ0v) is 22.9. The van der Waals surface area contributed by atoms with Crippen LogP contribution in [0.2, 0.25) is 5.02 Å². The van der Waals surface area contributed by atoms with Crippen LogP contribution in [0.4, 0.5) is 4.79 Å². The lowest BCUT2D eigenvalue weighted by Crippen LogP contribution is -2.53. The molecular formula is C32H34ClN3O3. The summed E-state index contributed by atoms with van der Waals surface area (Å²) in [6.07, 6.45) is 3.58. The van der Waals surface area contributed by atoms with Crippen LogP contribution in [0.5, 0.6) is 0 Å². The maximum Gasteiger partial charge on any atom is 0.407 e. The minimum Gasteiger partial charge on any atom is -0.449 e. The molecule has 202 valence electrons. The molecule has 2 saturated heterocycles. The van der Waals surface area contributed by atoms with Gasteiger partial charge < -0.3 is 15.4 Å². The molecule has 2 heterocycles. The third kappa shape index (κ3) is 5.41. The van der Waals surface area contributed by atoms with Crippen molar-refractivity contribution >= 4 is 23.6 Å². The van der Waals surface area contributed by atoms with Crippen LogP contribution in [0.3, 0.4) is 0 Å². The highest BCUT2D eigenvalue weighted by molar-refractivity contribution is 6.30. The Morgan fingerprint density at radius 1 is 0.923 bits per heavy atom. The maximum absolute atomic E-state index is 13.0. The molecule has 3 aromatic rings. The summed E-state index contributed by atoms with van der Waals surface area (Å²) in [4.78, 5) is 28.2. The van der Waals surface area contributed by atoms with Gasteiger partial charge in [0.05, 0.1) is 0 Å². The average molecular weight is 544 g/mol. The number of nitrogens with zero attached hydrogens (tertiary/aromatic N) is 1. The first-order valence-corrected chi connectivity index (χ1v) is 14.3. The smallest absolute Gasteiger partial charge is 0.407 e. The summed E-state index contributed by atoms with van der Waals surface area (Å²) in [7, 11) is 0. The first kappa shape index (κ1) is 25.9. The van der Waals surface area contributed by atoms with Gasteiger partial charge >= 0.3 is 6.09 Å². The molecule has 0 aromatic heterocycles. The van der Waals surface area contributed by atoms with Crippen molar-refractivity contribution in [1.29, 1.82) is 0 Å². The Kier molecular flexibility index (Phi) is 7.32. The van der Waals surface area contributed by atoms with Gasteiger partial charge in [0.25, 0.3) is 0 Å². The number of ether oxygens (including phenoxy) is 1. The standard InChI is InChI=1S/C32H34ClN3O3/c1-20(34-32(38)39-19-30-28-8-4-2-6-26(28)27-7-3-5-9-29(27)30)31(37)35-23-16-24-14-15-25(17-23)36(24)18-21-10-12-22(33)13-11-21/h2-13,20,23-25,30H,14-19H2,1H3,(H,34,38)(H,35,37)/t20-,23?,24-,25+/m0/s1. The predicted octanol–water partition coefficient (Wildman–Crippen LogP) is 5.88. The Morgan fingerprint density at radius 3 is 2.13 bits per heavy atom. The average Bonchev–Trinajstić information content (AvgIpc) is 3.37. The molecule has 4 atom stereocenters. The van der Waals surface area contributed by atoms with E-state index in [2.05, 4.69) is 51.9 Å². The summed E-state index contributed by atoms with van der Waals surface area (Å²) in [6.45, 7) is 2.84. The van der Waals surface area contributed by atoms with Gasteiger partial charge in [0, 0.05) is 35.6 Å². The molecule has 0 radical (unpaired) electrons. The highest BCUT2D eigenvalue weighted by Gasteiger charge is 2.41. The lowest BCUT2D eigenvalue weighted by Gasteiger charge is -2.39. The van der Waals surface area contributed by atoms with Crippen LogP contribution in [0.15, 0.2) is 72.8 Å². The van der Waals surface area contributed by atoms with Crippen molar-refractivity contribution < 1.29 is 14.3 Å². The number of piperidine rings is 1. The molecule has 3 aromatic carbocycles. The number of amides is 2. The van der Waals surface area contributed by atoms with E-state index in [1.54, 1.807) is 6.92 Å². The van der Waals surface area contributed by atoms with Crippen LogP contribution < -0.4 is 10.6 Å². The fraction of sp³-hybridized carbons (Fsp3) is 0.375. The minimum atomic E-state index is -0.676. The number of nitrogens with one attached hydrogen (secondary N) is 2. The monoisotopic (exact) mass is 543 g/mol. The van der Waals surface area contributed by atoms with E-state index in [-0.39, 0.29) is 24.5 Å². The van der Waals surface area contributed by atoms with Gasteiger partial charge in [0.15, 0.2) is 0 Å². The Bertz CT molecular complexity index is 1300. The number of halogens is 1. The van der Waals surface area contributed by atoms with Gasteiger partial charge in [-0.15, -0.1) is 0 Å². The van der Waals surface area contributed by atoms with Crippen molar-refractivity contribution in [3.63, 3.8) is 0 Å². The second-order valence-electron chi connectivity index (χ2n) is 11.1. The number of alkyl carbamates (subject to hydrolysis) is 1. The Morgan fingerprint density at radius 2 is 1.51 bits per heavy atom. The molecule has 2 amide bonds. The van der Waals surface area contributed by atoms with Crippen molar-refractivity contribution in [1.82, 2.24) is 15.5 Å². The number of hydrogen-bond donors (Lipinski definition) is 2. The molecule has 2 aliphatic heterocycles. The van der Waals surface area contributed by atoms with E-state index in [0.29, 0.717) is 12.1 Å². The highest BCUT2D eigenvalue weighted by atomic mass is 35.5. The third-order valence-corrected chi connectivity index (χ3v) is 8.83. The Balaban J connectivity index is 0.993. The molecule has 2 fully saturated rings. The SMILES string of the molecule is C[C@H](NC(=O)OCC1c2ccccc2-c2ccccc21)C(=O)NC1C[C@H]2CC[C@@H](C1)N2Cc1ccc(Cl)cc1. The van der Waals surface area contributed by atoms with Crippen molar-refractivity contribution in [2.24, 2.45) is 0 Å². The zero-order valence-electron chi connectivity index (χ0n) is 22.1. The number of carbonyl (C=O) groups excluding carboxylic acids is 2. The molecule has 6 nitrogen and oxygen atoms in total. The molecule has 7 heteroatoms. The molecule has 3 aliphatic rings. The summed E-state index contributed by atoms with van der Waals surface area (Å²) in [5, 5.41) is 6.67. The van der Waals surface area contributed by atoms with Gasteiger partial charge in [-0.3, -0.25) is 9.69 Å². The van der Waals surface area contributed by atoms with Crippen LogP contribution >= 0.6 is 11.6 Å². The van der Waals surface area contributed by atoms with E-state index in [4.69, 9.17) is 16.3 Å². The van der Waals surface area contributed by atoms with Crippen molar-refractivity contribution in [3.05, 3.63) is 94.5 Å². The summed E-state index contributed by atoms with van der Waals surface area (Å²) >= 11 is 6.04. The molecular weight excluding hydrogens is 510 g/mol. The van der Waals surface area contributed by atoms with Crippen molar-refractivity contribution in [3.8, 4) is 11.1 Å². The van der Waals surface area contributed by atoms with Gasteiger partial charge in [-0.25, -0.2) is 4.79 Å². The van der Waals surface area contributed by atoms with Crippen molar-refractivity contribution in [2.75, 3.05) is 6.61 Å². The normalized spacial score (nSPS) is 22.6. The zero-order chi connectivity index (χ0) is 26.9. The van der Waals surface area contributed by atoms with Gasteiger partial charge in [-0.1, -0.05) is 72.3 Å². The first-order chi connectivity index (χ1) is 19.0. The molecule has 39 heavy (non-hydrogen) atoms. The van der Waals surface area contributed by atoms with Gasteiger partial charge in [-0.05, 0) is 72.6 Å². The summed E-state index contributed by atoms with van der Waals surface area (Å²) < 4.78 is 5.63. The van der Waals surface area contributed by atoms with Crippen molar-refractivity contribution in [2.45, 2.75) is 69.2 Å². The van der Waals surface area contributed by atoms with Gasteiger partial charge in [-0.2, -0.15) is 0 Å². The molecule has 2 N–H and O–H groups in total. The van der Waals surface area contributed by atoms with Gasteiger partial charge in [0.2, 0.25) is 5.91 Å². The molecule has 1 aliphatic carbocycles. The Labute approximate surface area is 234 Å². The van der Waals surface area contributed by atoms with Crippen LogP contribution in [0.25, 0.3) is 11.1 Å². The first-order valence-electron chi connectivity index (χ1n) is 13.9. The van der Waals surface area contributed by atoms with E-state index in [0.717, 1.165) is 48.4 Å². The van der Waals surface area contributed by atoms with E-state index in [1.807, 2.05) is 36.4 Å². The molecule has 0 spiro atoms. The number of carbonyl (C=O) groups is 2. The summed E-state index contributed by atoms with van der Waals surface area (Å²) in [5.41, 5.74) is 5.95. The van der Waals surface area contributed by atoms with Crippen LogP contribution in [0.1, 0.15) is 55.2 Å². The number of hydrogen-bond acceptors (Lipinski definition) is 4. The lowest BCUT2D eigenvalue weighted by atomic mass is 9.96. The minimum absolute atomic E-state index is 0.0131. The van der Waals surface area contributed by atoms with E-state index in [9.17, 15) is 9.59 Å². The molecule has 0 saturated carbocycles. The lowest BCUT2D eigenvalue weighted by molar-refractivity contribution is -0.123. The van der Waals surface area contributed by atoms with Crippen LogP contribution in [0, 0.1) is 0 Å². The van der Waals surface area contributed by atoms with E-state index < -0.39 is 12.1 Å². The van der Waals surface area contributed by atoms with Crippen LogP contribution in [-0.4, -0.2) is 47.7 Å². The number of rotatable bonds is 7. The third-order valence-electron chi connectivity index (χ3n) is 8.58. The largest absolute Gasteiger partial charge is 0.449 e. The summed E-state index contributed by atoms with van der Waals surface area (Å²) in [6, 6.07) is 24.9. The second kappa shape index (κ2) is 11.0. The fourth-order valence-corrected chi connectivity index (χ4v) is 6.79. The van der Waals surface area contributed by atoms with Crippen LogP contribution in [-0.2, 0) is 16.1 Å². The van der Waals surface area contributed by atoms with Gasteiger partial charge in [0.1, 0.15) is 12.6 Å². The second-order valence-corrected chi connectivity index (χ2v) is 11.5. The quantitative estimate of drug-likeness (QED) is 0.390. The fourth-order valence-electron chi connectivity index (χ4n) is 6.66. The topological polar surface area (TPSA) is 70.7 Å². The highest BCUT2D eigenvalue weighted by Crippen LogP contribution is 2.44.